The quantitative estimate of drug-likeness (QED) is 0.771. The van der Waals surface area contributed by atoms with Crippen LogP contribution in [-0.4, -0.2) is 52.7 Å². The molecular weight excluding hydrogens is 388 g/mol. The second-order valence-electron chi connectivity index (χ2n) is 8.57. The van der Waals surface area contributed by atoms with Crippen LogP contribution in [0.1, 0.15) is 49.8 Å². The third-order valence-electron chi connectivity index (χ3n) is 5.65. The van der Waals surface area contributed by atoms with E-state index < -0.39 is 10.0 Å². The van der Waals surface area contributed by atoms with Gasteiger partial charge in [-0.05, 0) is 36.8 Å². The van der Waals surface area contributed by atoms with Crippen LogP contribution < -0.4 is 0 Å². The molecule has 0 radical (unpaired) electrons. The SMILES string of the molecule is CC(C)CN1Cc2c(C(=O)N3CCCC(C)C3)ncn2-c2ccccc2S1(=O)=O. The molecule has 1 atom stereocenters. The zero-order valence-electron chi connectivity index (χ0n) is 17.2. The summed E-state index contributed by atoms with van der Waals surface area (Å²) < 4.78 is 29.9. The van der Waals surface area contributed by atoms with Crippen molar-refractivity contribution in [2.45, 2.75) is 45.1 Å². The average molecular weight is 417 g/mol. The molecule has 1 aromatic heterocycles. The Morgan fingerprint density at radius 1 is 1.28 bits per heavy atom. The fourth-order valence-electron chi connectivity index (χ4n) is 4.27. The van der Waals surface area contributed by atoms with Gasteiger partial charge in [0.1, 0.15) is 11.2 Å². The molecule has 0 spiro atoms. The number of aromatic nitrogens is 2. The summed E-state index contributed by atoms with van der Waals surface area (Å²) >= 11 is 0. The number of likely N-dealkylation sites (tertiary alicyclic amines) is 1. The van der Waals surface area contributed by atoms with E-state index in [4.69, 9.17) is 0 Å². The van der Waals surface area contributed by atoms with E-state index in [1.165, 1.54) is 4.31 Å². The molecule has 2 aromatic rings. The van der Waals surface area contributed by atoms with Gasteiger partial charge in [-0.15, -0.1) is 0 Å². The third-order valence-corrected chi connectivity index (χ3v) is 7.51. The number of hydrogen-bond acceptors (Lipinski definition) is 4. The van der Waals surface area contributed by atoms with E-state index in [1.807, 2.05) is 24.8 Å². The number of hydrogen-bond donors (Lipinski definition) is 0. The van der Waals surface area contributed by atoms with Gasteiger partial charge in [-0.3, -0.25) is 9.36 Å². The van der Waals surface area contributed by atoms with E-state index in [0.29, 0.717) is 29.5 Å². The molecular formula is C21H28N4O3S. The molecule has 1 aromatic carbocycles. The van der Waals surface area contributed by atoms with Crippen molar-refractivity contribution in [1.82, 2.24) is 18.8 Å². The highest BCUT2D eigenvalue weighted by Gasteiger charge is 2.36. The normalized spacial score (nSPS) is 21.5. The lowest BCUT2D eigenvalue weighted by molar-refractivity contribution is 0.0675. The van der Waals surface area contributed by atoms with E-state index in [1.54, 1.807) is 29.1 Å². The molecule has 1 unspecified atom stereocenters. The Morgan fingerprint density at radius 3 is 2.76 bits per heavy atom. The summed E-state index contributed by atoms with van der Waals surface area (Å²) in [6.45, 7) is 8.10. The average Bonchev–Trinajstić information content (AvgIpc) is 3.06. The first-order chi connectivity index (χ1) is 13.8. The predicted octanol–water partition coefficient (Wildman–Crippen LogP) is 2.90. The molecule has 0 aliphatic carbocycles. The van der Waals surface area contributed by atoms with Crippen molar-refractivity contribution in [2.24, 2.45) is 11.8 Å². The monoisotopic (exact) mass is 416 g/mol. The van der Waals surface area contributed by atoms with Crippen molar-refractivity contribution >= 4 is 15.9 Å². The van der Waals surface area contributed by atoms with Crippen LogP contribution in [0.25, 0.3) is 5.69 Å². The van der Waals surface area contributed by atoms with Gasteiger partial charge in [0.15, 0.2) is 5.69 Å². The smallest absolute Gasteiger partial charge is 0.274 e. The number of benzene rings is 1. The van der Waals surface area contributed by atoms with Gasteiger partial charge >= 0.3 is 0 Å². The minimum Gasteiger partial charge on any atom is -0.337 e. The number of piperidine rings is 1. The molecule has 156 valence electrons. The van der Waals surface area contributed by atoms with Crippen LogP contribution in [0.5, 0.6) is 0 Å². The van der Waals surface area contributed by atoms with E-state index >= 15 is 0 Å². The van der Waals surface area contributed by atoms with Crippen LogP contribution in [0.15, 0.2) is 35.5 Å². The second kappa shape index (κ2) is 7.57. The van der Waals surface area contributed by atoms with Crippen LogP contribution in [0.2, 0.25) is 0 Å². The molecule has 8 heteroatoms. The maximum atomic E-state index is 13.3. The van der Waals surface area contributed by atoms with E-state index in [-0.39, 0.29) is 23.3 Å². The minimum atomic E-state index is -3.67. The van der Waals surface area contributed by atoms with Crippen molar-refractivity contribution < 1.29 is 13.2 Å². The number of para-hydroxylation sites is 1. The molecule has 4 rings (SSSR count). The number of carbonyl (C=O) groups excluding carboxylic acids is 1. The number of fused-ring (bicyclic) bond motifs is 3. The third kappa shape index (κ3) is 3.59. The summed E-state index contributed by atoms with van der Waals surface area (Å²) in [5, 5.41) is 0. The van der Waals surface area contributed by atoms with Crippen LogP contribution in [0, 0.1) is 11.8 Å². The number of amides is 1. The van der Waals surface area contributed by atoms with Crippen molar-refractivity contribution in [3.63, 3.8) is 0 Å². The molecule has 0 bridgehead atoms. The molecule has 1 amide bonds. The molecule has 7 nitrogen and oxygen atoms in total. The van der Waals surface area contributed by atoms with E-state index in [2.05, 4.69) is 11.9 Å². The highest BCUT2D eigenvalue weighted by molar-refractivity contribution is 7.89. The number of carbonyl (C=O) groups is 1. The number of rotatable bonds is 3. The zero-order valence-corrected chi connectivity index (χ0v) is 18.0. The number of nitrogens with zero attached hydrogens (tertiary/aromatic N) is 4. The van der Waals surface area contributed by atoms with E-state index in [9.17, 15) is 13.2 Å². The van der Waals surface area contributed by atoms with Crippen molar-refractivity contribution in [2.75, 3.05) is 19.6 Å². The number of sulfonamides is 1. The Hall–Kier alpha value is -2.19. The summed E-state index contributed by atoms with van der Waals surface area (Å²) in [4.78, 5) is 19.8. The van der Waals surface area contributed by atoms with Gasteiger partial charge in [0.05, 0.1) is 17.9 Å². The lowest BCUT2D eigenvalue weighted by Gasteiger charge is -2.30. The van der Waals surface area contributed by atoms with Crippen molar-refractivity contribution in [3.8, 4) is 5.69 Å². The molecule has 0 saturated carbocycles. The highest BCUT2D eigenvalue weighted by Crippen LogP contribution is 2.32. The minimum absolute atomic E-state index is 0.105. The predicted molar refractivity (Wildman–Crippen MR) is 110 cm³/mol. The van der Waals surface area contributed by atoms with Gasteiger partial charge in [0.25, 0.3) is 5.91 Å². The van der Waals surface area contributed by atoms with Crippen molar-refractivity contribution in [3.05, 3.63) is 42.0 Å². The van der Waals surface area contributed by atoms with Gasteiger partial charge in [-0.2, -0.15) is 4.31 Å². The standard InChI is InChI=1S/C21H28N4O3S/c1-15(2)11-24-13-18-20(21(26)23-10-6-7-16(3)12-23)22-14-25(18)17-8-4-5-9-19(17)29(24,27)28/h4-5,8-9,14-16H,6-7,10-13H2,1-3H3. The van der Waals surface area contributed by atoms with Crippen LogP contribution in [0.3, 0.4) is 0 Å². The largest absolute Gasteiger partial charge is 0.337 e. The van der Waals surface area contributed by atoms with Gasteiger partial charge in [0.2, 0.25) is 10.0 Å². The van der Waals surface area contributed by atoms with Crippen LogP contribution >= 0.6 is 0 Å². The summed E-state index contributed by atoms with van der Waals surface area (Å²) in [5.41, 5.74) is 1.55. The fourth-order valence-corrected chi connectivity index (χ4v) is 6.02. The van der Waals surface area contributed by atoms with Crippen molar-refractivity contribution in [1.29, 1.82) is 0 Å². The first kappa shape index (κ1) is 20.1. The molecule has 2 aliphatic heterocycles. The van der Waals surface area contributed by atoms with Gasteiger partial charge in [-0.25, -0.2) is 13.4 Å². The first-order valence-corrected chi connectivity index (χ1v) is 11.7. The van der Waals surface area contributed by atoms with Crippen LogP contribution in [-0.2, 0) is 16.6 Å². The van der Waals surface area contributed by atoms with Gasteiger partial charge in [0, 0.05) is 19.6 Å². The van der Waals surface area contributed by atoms with Crippen LogP contribution in [0.4, 0.5) is 0 Å². The Morgan fingerprint density at radius 2 is 2.03 bits per heavy atom. The maximum Gasteiger partial charge on any atom is 0.274 e. The van der Waals surface area contributed by atoms with E-state index in [0.717, 1.165) is 25.9 Å². The lowest BCUT2D eigenvalue weighted by Crippen LogP contribution is -2.40. The Kier molecular flexibility index (Phi) is 5.25. The Balaban J connectivity index is 1.82. The lowest BCUT2D eigenvalue weighted by atomic mass is 10.00. The maximum absolute atomic E-state index is 13.3. The zero-order chi connectivity index (χ0) is 20.8. The topological polar surface area (TPSA) is 75.5 Å². The Bertz CT molecular complexity index is 1030. The first-order valence-electron chi connectivity index (χ1n) is 10.2. The summed E-state index contributed by atoms with van der Waals surface area (Å²) in [5.74, 6) is 0.521. The summed E-state index contributed by atoms with van der Waals surface area (Å²) in [7, 11) is -3.67. The van der Waals surface area contributed by atoms with Gasteiger partial charge < -0.3 is 4.90 Å². The molecule has 0 N–H and O–H groups in total. The highest BCUT2D eigenvalue weighted by atomic mass is 32.2. The fraction of sp³-hybridized carbons (Fsp3) is 0.524. The number of imidazole rings is 1. The second-order valence-corrected chi connectivity index (χ2v) is 10.5. The Labute approximate surface area is 172 Å². The van der Waals surface area contributed by atoms with Gasteiger partial charge in [-0.1, -0.05) is 32.9 Å². The summed E-state index contributed by atoms with van der Waals surface area (Å²) in [6.07, 6.45) is 3.70. The molecule has 1 saturated heterocycles. The molecule has 3 heterocycles. The molecule has 1 fully saturated rings. The molecule has 2 aliphatic rings. The summed E-state index contributed by atoms with van der Waals surface area (Å²) in [6, 6.07) is 6.94. The molecule has 29 heavy (non-hydrogen) atoms.